The highest BCUT2D eigenvalue weighted by Gasteiger charge is 2.15. The molecule has 2 aromatic rings. The summed E-state index contributed by atoms with van der Waals surface area (Å²) in [4.78, 5) is 15.5. The van der Waals surface area contributed by atoms with Gasteiger partial charge >= 0.3 is 0 Å². The fraction of sp³-hybridized carbons (Fsp3) is 0.267. The topological polar surface area (TPSA) is 42.1 Å². The number of aromatic nitrogens is 1. The Bertz CT molecular complexity index is 570. The van der Waals surface area contributed by atoms with Gasteiger partial charge in [0.05, 0.1) is 18.4 Å². The van der Waals surface area contributed by atoms with Gasteiger partial charge in [0.1, 0.15) is 5.75 Å². The first-order chi connectivity index (χ1) is 8.65. The summed E-state index contributed by atoms with van der Waals surface area (Å²) >= 11 is 0. The minimum absolute atomic E-state index is 0.0356. The number of nitrogens with one attached hydrogen (secondary N) is 1. The van der Waals surface area contributed by atoms with Crippen LogP contribution < -0.4 is 4.74 Å². The smallest absolute Gasteiger partial charge is 0.212 e. The molecule has 0 bridgehead atoms. The van der Waals surface area contributed by atoms with E-state index < -0.39 is 0 Å². The van der Waals surface area contributed by atoms with E-state index in [4.69, 9.17) is 4.74 Å². The summed E-state index contributed by atoms with van der Waals surface area (Å²) in [5.41, 5.74) is 3.33. The third-order valence-corrected chi connectivity index (χ3v) is 2.97. The SMILES string of the molecule is CCc1ccc(C(=O)c2ccc(C)cc2OC)[nH]1. The predicted octanol–water partition coefficient (Wildman–Crippen LogP) is 3.13. The molecule has 0 aliphatic rings. The number of carbonyl (C=O) groups is 1. The number of carbonyl (C=O) groups excluding carboxylic acids is 1. The van der Waals surface area contributed by atoms with Crippen LogP contribution in [0, 0.1) is 6.92 Å². The lowest BCUT2D eigenvalue weighted by Gasteiger charge is -2.07. The number of ether oxygens (including phenoxy) is 1. The molecule has 0 fully saturated rings. The summed E-state index contributed by atoms with van der Waals surface area (Å²) in [6, 6.07) is 9.35. The lowest BCUT2D eigenvalue weighted by molar-refractivity contribution is 0.103. The molecule has 0 aliphatic heterocycles. The Kier molecular flexibility index (Phi) is 3.51. The molecule has 94 valence electrons. The lowest BCUT2D eigenvalue weighted by atomic mass is 10.1. The molecule has 0 atom stereocenters. The summed E-state index contributed by atoms with van der Waals surface area (Å²) in [5.74, 6) is 0.583. The first kappa shape index (κ1) is 12.4. The lowest BCUT2D eigenvalue weighted by Crippen LogP contribution is -2.05. The molecule has 18 heavy (non-hydrogen) atoms. The van der Waals surface area contributed by atoms with Crippen LogP contribution in [-0.4, -0.2) is 17.9 Å². The third kappa shape index (κ3) is 2.30. The molecule has 1 heterocycles. The van der Waals surface area contributed by atoms with Gasteiger partial charge in [-0.15, -0.1) is 0 Å². The van der Waals surface area contributed by atoms with Crippen molar-refractivity contribution in [1.29, 1.82) is 0 Å². The van der Waals surface area contributed by atoms with Gasteiger partial charge in [-0.1, -0.05) is 13.0 Å². The Morgan fingerprint density at radius 3 is 2.67 bits per heavy atom. The number of rotatable bonds is 4. The van der Waals surface area contributed by atoms with Crippen LogP contribution in [-0.2, 0) is 6.42 Å². The van der Waals surface area contributed by atoms with E-state index in [0.29, 0.717) is 17.0 Å². The number of H-pyrrole nitrogens is 1. The van der Waals surface area contributed by atoms with Gasteiger partial charge in [0.2, 0.25) is 5.78 Å². The van der Waals surface area contributed by atoms with Crippen molar-refractivity contribution in [3.05, 3.63) is 52.8 Å². The quantitative estimate of drug-likeness (QED) is 0.838. The monoisotopic (exact) mass is 243 g/mol. The van der Waals surface area contributed by atoms with Crippen LogP contribution in [0.5, 0.6) is 5.75 Å². The van der Waals surface area contributed by atoms with E-state index >= 15 is 0 Å². The number of methoxy groups -OCH3 is 1. The van der Waals surface area contributed by atoms with Gasteiger partial charge in [0, 0.05) is 5.69 Å². The summed E-state index contributed by atoms with van der Waals surface area (Å²) in [7, 11) is 1.58. The maximum Gasteiger partial charge on any atom is 0.212 e. The highest BCUT2D eigenvalue weighted by atomic mass is 16.5. The van der Waals surface area contributed by atoms with Gasteiger partial charge in [-0.25, -0.2) is 0 Å². The molecule has 0 aliphatic carbocycles. The standard InChI is InChI=1S/C15H17NO2/c1-4-11-6-8-13(16-11)15(17)12-7-5-10(2)9-14(12)18-3/h5-9,16H,4H2,1-3H3. The molecule has 0 radical (unpaired) electrons. The van der Waals surface area contributed by atoms with Crippen molar-refractivity contribution in [1.82, 2.24) is 4.98 Å². The summed E-state index contributed by atoms with van der Waals surface area (Å²) < 4.78 is 5.27. The van der Waals surface area contributed by atoms with Crippen LogP contribution in [0.25, 0.3) is 0 Å². The van der Waals surface area contributed by atoms with E-state index in [-0.39, 0.29) is 5.78 Å². The zero-order valence-corrected chi connectivity index (χ0v) is 10.9. The minimum Gasteiger partial charge on any atom is -0.496 e. The van der Waals surface area contributed by atoms with Crippen molar-refractivity contribution in [2.45, 2.75) is 20.3 Å². The number of benzene rings is 1. The average Bonchev–Trinajstić information content (AvgIpc) is 2.86. The Morgan fingerprint density at radius 2 is 2.06 bits per heavy atom. The summed E-state index contributed by atoms with van der Waals surface area (Å²) in [5, 5.41) is 0. The second-order valence-corrected chi connectivity index (χ2v) is 4.28. The Labute approximate surface area is 107 Å². The van der Waals surface area contributed by atoms with Crippen molar-refractivity contribution in [2.24, 2.45) is 0 Å². The summed E-state index contributed by atoms with van der Waals surface area (Å²) in [6.45, 7) is 4.02. The molecule has 1 N–H and O–H groups in total. The van der Waals surface area contributed by atoms with Gasteiger partial charge in [-0.2, -0.15) is 0 Å². The van der Waals surface area contributed by atoms with Crippen LogP contribution in [0.15, 0.2) is 30.3 Å². The van der Waals surface area contributed by atoms with Crippen molar-refractivity contribution >= 4 is 5.78 Å². The highest BCUT2D eigenvalue weighted by Crippen LogP contribution is 2.22. The fourth-order valence-corrected chi connectivity index (χ4v) is 1.91. The van der Waals surface area contributed by atoms with Gasteiger partial charge in [-0.05, 0) is 43.2 Å². The fourth-order valence-electron chi connectivity index (χ4n) is 1.91. The van der Waals surface area contributed by atoms with Crippen LogP contribution in [0.1, 0.15) is 34.2 Å². The second kappa shape index (κ2) is 5.08. The van der Waals surface area contributed by atoms with E-state index in [2.05, 4.69) is 4.98 Å². The zero-order valence-electron chi connectivity index (χ0n) is 10.9. The Hall–Kier alpha value is -2.03. The van der Waals surface area contributed by atoms with E-state index in [0.717, 1.165) is 17.7 Å². The molecule has 0 spiro atoms. The molecule has 3 nitrogen and oxygen atoms in total. The number of ketones is 1. The van der Waals surface area contributed by atoms with Gasteiger partial charge in [0.15, 0.2) is 0 Å². The molecular weight excluding hydrogens is 226 g/mol. The van der Waals surface area contributed by atoms with E-state index in [9.17, 15) is 4.79 Å². The molecule has 0 unspecified atom stereocenters. The van der Waals surface area contributed by atoms with Crippen molar-refractivity contribution in [3.8, 4) is 5.75 Å². The molecular formula is C15H17NO2. The van der Waals surface area contributed by atoms with Crippen LogP contribution in [0.4, 0.5) is 0 Å². The van der Waals surface area contributed by atoms with Crippen LogP contribution in [0.2, 0.25) is 0 Å². The van der Waals surface area contributed by atoms with Crippen LogP contribution in [0.3, 0.4) is 0 Å². The first-order valence-corrected chi connectivity index (χ1v) is 6.03. The minimum atomic E-state index is -0.0356. The maximum absolute atomic E-state index is 12.4. The van der Waals surface area contributed by atoms with E-state index in [1.54, 1.807) is 7.11 Å². The molecule has 3 heteroatoms. The van der Waals surface area contributed by atoms with E-state index in [1.165, 1.54) is 0 Å². The van der Waals surface area contributed by atoms with E-state index in [1.807, 2.05) is 44.2 Å². The first-order valence-electron chi connectivity index (χ1n) is 6.03. The van der Waals surface area contributed by atoms with Crippen molar-refractivity contribution in [3.63, 3.8) is 0 Å². The predicted molar refractivity (Wildman–Crippen MR) is 71.3 cm³/mol. The second-order valence-electron chi connectivity index (χ2n) is 4.28. The zero-order chi connectivity index (χ0) is 13.1. The normalized spacial score (nSPS) is 10.4. The van der Waals surface area contributed by atoms with Gasteiger partial charge in [-0.3, -0.25) is 4.79 Å². The number of aromatic amines is 1. The third-order valence-electron chi connectivity index (χ3n) is 2.97. The van der Waals surface area contributed by atoms with Crippen molar-refractivity contribution in [2.75, 3.05) is 7.11 Å². The number of aryl methyl sites for hydroxylation is 2. The molecule has 1 aromatic heterocycles. The molecule has 1 aromatic carbocycles. The maximum atomic E-state index is 12.4. The Morgan fingerprint density at radius 1 is 1.28 bits per heavy atom. The largest absolute Gasteiger partial charge is 0.496 e. The number of hydrogen-bond acceptors (Lipinski definition) is 2. The van der Waals surface area contributed by atoms with Crippen molar-refractivity contribution < 1.29 is 9.53 Å². The van der Waals surface area contributed by atoms with Crippen LogP contribution >= 0.6 is 0 Å². The van der Waals surface area contributed by atoms with Gasteiger partial charge in [0.25, 0.3) is 0 Å². The highest BCUT2D eigenvalue weighted by molar-refractivity contribution is 6.09. The molecule has 0 saturated heterocycles. The Balaban J connectivity index is 2.39. The van der Waals surface area contributed by atoms with Gasteiger partial charge < -0.3 is 9.72 Å². The summed E-state index contributed by atoms with van der Waals surface area (Å²) in [6.07, 6.45) is 0.887. The number of hydrogen-bond donors (Lipinski definition) is 1. The molecule has 0 amide bonds. The molecule has 2 rings (SSSR count). The molecule has 0 saturated carbocycles. The average molecular weight is 243 g/mol.